The second-order valence-corrected chi connectivity index (χ2v) is 6.58. The highest BCUT2D eigenvalue weighted by Gasteiger charge is 2.27. The normalized spacial score (nSPS) is 32.5. The SMILES string of the molecule is CN1CCC(CCN(C)C(=O)C2CCC(N)CC2)C1. The van der Waals surface area contributed by atoms with Gasteiger partial charge in [-0.15, -0.1) is 0 Å². The fourth-order valence-corrected chi connectivity index (χ4v) is 3.43. The maximum Gasteiger partial charge on any atom is 0.225 e. The molecular formula is C15H29N3O. The summed E-state index contributed by atoms with van der Waals surface area (Å²) >= 11 is 0. The Morgan fingerprint density at radius 2 is 1.95 bits per heavy atom. The van der Waals surface area contributed by atoms with Gasteiger partial charge in [0.1, 0.15) is 0 Å². The van der Waals surface area contributed by atoms with Crippen LogP contribution in [0.25, 0.3) is 0 Å². The van der Waals surface area contributed by atoms with Gasteiger partial charge >= 0.3 is 0 Å². The predicted octanol–water partition coefficient (Wildman–Crippen LogP) is 1.30. The molecule has 4 heteroatoms. The van der Waals surface area contributed by atoms with Crippen LogP contribution in [0, 0.1) is 11.8 Å². The Morgan fingerprint density at radius 1 is 1.26 bits per heavy atom. The van der Waals surface area contributed by atoms with E-state index in [0.717, 1.165) is 44.6 Å². The minimum absolute atomic E-state index is 0.232. The van der Waals surface area contributed by atoms with E-state index >= 15 is 0 Å². The topological polar surface area (TPSA) is 49.6 Å². The molecule has 2 aliphatic rings. The van der Waals surface area contributed by atoms with Crippen LogP contribution < -0.4 is 5.73 Å². The van der Waals surface area contributed by atoms with Crippen LogP contribution in [0.1, 0.15) is 38.5 Å². The Morgan fingerprint density at radius 3 is 2.53 bits per heavy atom. The van der Waals surface area contributed by atoms with Crippen molar-refractivity contribution in [2.75, 3.05) is 33.7 Å². The average Bonchev–Trinajstić information content (AvgIpc) is 2.82. The van der Waals surface area contributed by atoms with Crippen LogP contribution in [0.4, 0.5) is 0 Å². The summed E-state index contributed by atoms with van der Waals surface area (Å²) < 4.78 is 0. The Kier molecular flexibility index (Phi) is 5.22. The summed E-state index contributed by atoms with van der Waals surface area (Å²) in [6.07, 6.45) is 6.43. The summed E-state index contributed by atoms with van der Waals surface area (Å²) in [6, 6.07) is 0.323. The summed E-state index contributed by atoms with van der Waals surface area (Å²) in [4.78, 5) is 16.7. The van der Waals surface area contributed by atoms with E-state index in [1.807, 2.05) is 11.9 Å². The molecular weight excluding hydrogens is 238 g/mol. The van der Waals surface area contributed by atoms with Crippen LogP contribution in [-0.2, 0) is 4.79 Å². The molecule has 0 spiro atoms. The van der Waals surface area contributed by atoms with Crippen molar-refractivity contribution < 1.29 is 4.79 Å². The van der Waals surface area contributed by atoms with Gasteiger partial charge in [-0.05, 0) is 58.0 Å². The van der Waals surface area contributed by atoms with Crippen molar-refractivity contribution in [1.29, 1.82) is 0 Å². The molecule has 4 nitrogen and oxygen atoms in total. The van der Waals surface area contributed by atoms with Crippen molar-refractivity contribution in [1.82, 2.24) is 9.80 Å². The van der Waals surface area contributed by atoms with Crippen LogP contribution in [0.3, 0.4) is 0 Å². The van der Waals surface area contributed by atoms with Crippen LogP contribution in [-0.4, -0.2) is 55.5 Å². The Balaban J connectivity index is 1.70. The number of carbonyl (C=O) groups excluding carboxylic acids is 1. The fraction of sp³-hybridized carbons (Fsp3) is 0.933. The maximum atomic E-state index is 12.3. The lowest BCUT2D eigenvalue weighted by atomic mass is 9.85. The number of carbonyl (C=O) groups is 1. The minimum Gasteiger partial charge on any atom is -0.346 e. The lowest BCUT2D eigenvalue weighted by molar-refractivity contribution is -0.135. The highest BCUT2D eigenvalue weighted by Crippen LogP contribution is 2.25. The van der Waals surface area contributed by atoms with E-state index in [2.05, 4.69) is 11.9 Å². The smallest absolute Gasteiger partial charge is 0.225 e. The lowest BCUT2D eigenvalue weighted by Crippen LogP contribution is -2.38. The van der Waals surface area contributed by atoms with Crippen molar-refractivity contribution in [3.8, 4) is 0 Å². The number of likely N-dealkylation sites (tertiary alicyclic amines) is 1. The maximum absolute atomic E-state index is 12.3. The molecule has 0 aromatic heterocycles. The Bertz CT molecular complexity index is 300. The van der Waals surface area contributed by atoms with E-state index in [4.69, 9.17) is 5.73 Å². The van der Waals surface area contributed by atoms with E-state index in [9.17, 15) is 4.79 Å². The summed E-state index contributed by atoms with van der Waals surface area (Å²) in [5, 5.41) is 0. The van der Waals surface area contributed by atoms with Gasteiger partial charge in [0.2, 0.25) is 5.91 Å². The molecule has 2 rings (SSSR count). The van der Waals surface area contributed by atoms with Gasteiger partial charge in [0, 0.05) is 32.1 Å². The summed E-state index contributed by atoms with van der Waals surface area (Å²) in [7, 11) is 4.15. The van der Waals surface area contributed by atoms with Gasteiger partial charge in [-0.3, -0.25) is 4.79 Å². The molecule has 1 aliphatic carbocycles. The summed E-state index contributed by atoms with van der Waals surface area (Å²) in [5.41, 5.74) is 5.90. The molecule has 0 radical (unpaired) electrons. The van der Waals surface area contributed by atoms with Crippen molar-refractivity contribution in [3.63, 3.8) is 0 Å². The highest BCUT2D eigenvalue weighted by atomic mass is 16.2. The first kappa shape index (κ1) is 14.8. The first-order valence-electron chi connectivity index (χ1n) is 7.75. The van der Waals surface area contributed by atoms with Gasteiger partial charge in [-0.2, -0.15) is 0 Å². The number of nitrogens with two attached hydrogens (primary N) is 1. The van der Waals surface area contributed by atoms with E-state index in [1.165, 1.54) is 19.5 Å². The highest BCUT2D eigenvalue weighted by molar-refractivity contribution is 5.78. The predicted molar refractivity (Wildman–Crippen MR) is 77.8 cm³/mol. The zero-order chi connectivity index (χ0) is 13.8. The Labute approximate surface area is 117 Å². The molecule has 0 bridgehead atoms. The molecule has 2 N–H and O–H groups in total. The second-order valence-electron chi connectivity index (χ2n) is 6.58. The van der Waals surface area contributed by atoms with Crippen LogP contribution in [0.5, 0.6) is 0 Å². The average molecular weight is 267 g/mol. The van der Waals surface area contributed by atoms with E-state index < -0.39 is 0 Å². The Hall–Kier alpha value is -0.610. The van der Waals surface area contributed by atoms with Crippen molar-refractivity contribution in [3.05, 3.63) is 0 Å². The fourth-order valence-electron chi connectivity index (χ4n) is 3.43. The van der Waals surface area contributed by atoms with E-state index in [0.29, 0.717) is 11.9 Å². The molecule has 1 aliphatic heterocycles. The molecule has 0 aromatic rings. The molecule has 2 fully saturated rings. The van der Waals surface area contributed by atoms with Gasteiger partial charge in [-0.25, -0.2) is 0 Å². The monoisotopic (exact) mass is 267 g/mol. The number of hydrogen-bond acceptors (Lipinski definition) is 3. The number of rotatable bonds is 4. The summed E-state index contributed by atoms with van der Waals surface area (Å²) in [5.74, 6) is 1.36. The van der Waals surface area contributed by atoms with E-state index in [1.54, 1.807) is 0 Å². The third kappa shape index (κ3) is 4.18. The first-order valence-corrected chi connectivity index (χ1v) is 7.75. The summed E-state index contributed by atoms with van der Waals surface area (Å²) in [6.45, 7) is 3.32. The molecule has 1 unspecified atom stereocenters. The first-order chi connectivity index (χ1) is 9.06. The van der Waals surface area contributed by atoms with Crippen molar-refractivity contribution >= 4 is 5.91 Å². The number of nitrogens with zero attached hydrogens (tertiary/aromatic N) is 2. The van der Waals surface area contributed by atoms with Crippen LogP contribution in [0.15, 0.2) is 0 Å². The van der Waals surface area contributed by atoms with Gasteiger partial charge in [0.05, 0.1) is 0 Å². The molecule has 110 valence electrons. The lowest BCUT2D eigenvalue weighted by Gasteiger charge is -2.29. The standard InChI is InChI=1S/C15H29N3O/c1-17-9-7-12(11-17)8-10-18(2)15(19)13-3-5-14(16)6-4-13/h12-14H,3-11,16H2,1-2H3. The zero-order valence-electron chi connectivity index (χ0n) is 12.5. The van der Waals surface area contributed by atoms with Crippen LogP contribution in [0.2, 0.25) is 0 Å². The molecule has 1 saturated heterocycles. The third-order valence-electron chi connectivity index (χ3n) is 4.86. The minimum atomic E-state index is 0.232. The van der Waals surface area contributed by atoms with Crippen LogP contribution >= 0.6 is 0 Å². The molecule has 1 saturated carbocycles. The number of amides is 1. The third-order valence-corrected chi connectivity index (χ3v) is 4.86. The molecule has 1 heterocycles. The zero-order valence-corrected chi connectivity index (χ0v) is 12.5. The quantitative estimate of drug-likeness (QED) is 0.835. The molecule has 1 amide bonds. The molecule has 1 atom stereocenters. The second kappa shape index (κ2) is 6.71. The molecule has 0 aromatic carbocycles. The molecule has 19 heavy (non-hydrogen) atoms. The van der Waals surface area contributed by atoms with Crippen molar-refractivity contribution in [2.24, 2.45) is 17.6 Å². The van der Waals surface area contributed by atoms with E-state index in [-0.39, 0.29) is 5.92 Å². The van der Waals surface area contributed by atoms with Crippen molar-refractivity contribution in [2.45, 2.75) is 44.6 Å². The van der Waals surface area contributed by atoms with Gasteiger partial charge in [0.15, 0.2) is 0 Å². The largest absolute Gasteiger partial charge is 0.346 e. The number of hydrogen-bond donors (Lipinski definition) is 1. The van der Waals surface area contributed by atoms with Gasteiger partial charge in [0.25, 0.3) is 0 Å². The van der Waals surface area contributed by atoms with Gasteiger partial charge in [-0.1, -0.05) is 0 Å². The van der Waals surface area contributed by atoms with Gasteiger partial charge < -0.3 is 15.5 Å².